The Morgan fingerprint density at radius 2 is 1.89 bits per heavy atom. The fraction of sp³-hybridized carbons (Fsp3) is 0.800. The number of carbonyl (C=O) groups excluding carboxylic acids is 1. The van der Waals surface area contributed by atoms with E-state index in [9.17, 15) is 35.5 Å². The second-order valence-electron chi connectivity index (χ2n) is 12.5. The van der Waals surface area contributed by atoms with Crippen molar-refractivity contribution in [2.45, 2.75) is 100 Å². The number of nitrogens with one attached hydrogen (secondary N) is 2. The van der Waals surface area contributed by atoms with Crippen LogP contribution < -0.4 is 5.48 Å². The number of hydrogen-bond acceptors (Lipinski definition) is 11. The van der Waals surface area contributed by atoms with Crippen LogP contribution >= 0.6 is 0 Å². The molecule has 1 aromatic heterocycles. The van der Waals surface area contributed by atoms with Gasteiger partial charge in [0.25, 0.3) is 0 Å². The van der Waals surface area contributed by atoms with Crippen LogP contribution in [-0.2, 0) is 14.2 Å². The van der Waals surface area contributed by atoms with Crippen LogP contribution in [0.15, 0.2) is 18.3 Å². The largest absolute Gasteiger partial charge is 0.450 e. The molecule has 8 N–H and O–H groups in total. The van der Waals surface area contributed by atoms with Gasteiger partial charge < -0.3 is 49.9 Å². The standard InChI is InChI=1S/C25H36N2O10/c1-12(2)22(32)17(35-16(29)14-7-6-10-26-14)24(27-34)18(4)11-21(31)19(22,5)25(33,37-24)23(36-21)15(28)13(3)8-9-20(18,23)30/h6-7,10,12-13,15,17,26-28,30-34H,8-9,11H2,1-5H3/t13-,15+,17+,18-,19-,20-,21-,22+,23+,24-,25+/m0/s1. The lowest BCUT2D eigenvalue weighted by Crippen LogP contribution is -2.96. The van der Waals surface area contributed by atoms with Crippen molar-refractivity contribution in [1.82, 2.24) is 10.5 Å². The van der Waals surface area contributed by atoms with Crippen molar-refractivity contribution in [2.75, 3.05) is 0 Å². The third kappa shape index (κ3) is 2.09. The average molecular weight is 525 g/mol. The monoisotopic (exact) mass is 524 g/mol. The van der Waals surface area contributed by atoms with Crippen molar-refractivity contribution in [3.05, 3.63) is 24.0 Å². The van der Waals surface area contributed by atoms with Crippen LogP contribution in [0.4, 0.5) is 0 Å². The molecule has 37 heavy (non-hydrogen) atoms. The molecule has 1 aromatic rings. The number of rotatable bonds is 4. The highest BCUT2D eigenvalue weighted by atomic mass is 16.8. The van der Waals surface area contributed by atoms with Crippen LogP contribution in [0.3, 0.4) is 0 Å². The molecule has 5 bridgehead atoms. The summed E-state index contributed by atoms with van der Waals surface area (Å²) in [4.78, 5) is 16.0. The normalized spacial score (nSPS) is 57.6. The molecule has 11 atom stereocenters. The number of H-pyrrole nitrogens is 1. The number of aromatic amines is 1. The maximum atomic E-state index is 13.3. The first-order valence-corrected chi connectivity index (χ1v) is 12.8. The quantitative estimate of drug-likeness (QED) is 0.191. The Labute approximate surface area is 213 Å². The molecule has 6 rings (SSSR count). The molecule has 1 saturated carbocycles. The fourth-order valence-corrected chi connectivity index (χ4v) is 9.00. The Balaban J connectivity index is 1.70. The number of hydroxylamine groups is 1. The van der Waals surface area contributed by atoms with Crippen molar-refractivity contribution < 1.29 is 49.7 Å². The molecule has 0 unspecified atom stereocenters. The third-order valence-electron chi connectivity index (χ3n) is 11.1. The molecule has 4 aliphatic heterocycles. The summed E-state index contributed by atoms with van der Waals surface area (Å²) in [5, 5.41) is 72.5. The lowest BCUT2D eigenvalue weighted by atomic mass is 9.42. The van der Waals surface area contributed by atoms with Crippen LogP contribution in [0.5, 0.6) is 0 Å². The van der Waals surface area contributed by atoms with Gasteiger partial charge in [-0.1, -0.05) is 27.7 Å². The van der Waals surface area contributed by atoms with Crippen molar-refractivity contribution in [3.8, 4) is 0 Å². The first-order valence-electron chi connectivity index (χ1n) is 12.8. The molecule has 4 saturated heterocycles. The van der Waals surface area contributed by atoms with Gasteiger partial charge in [-0.2, -0.15) is 5.48 Å². The van der Waals surface area contributed by atoms with E-state index in [2.05, 4.69) is 10.5 Å². The summed E-state index contributed by atoms with van der Waals surface area (Å²) >= 11 is 0. The highest BCUT2D eigenvalue weighted by molar-refractivity contribution is 5.87. The van der Waals surface area contributed by atoms with Crippen LogP contribution in [-0.4, -0.2) is 88.0 Å². The van der Waals surface area contributed by atoms with E-state index in [1.807, 2.05) is 0 Å². The van der Waals surface area contributed by atoms with Gasteiger partial charge in [0.1, 0.15) is 22.3 Å². The molecule has 206 valence electrons. The van der Waals surface area contributed by atoms with E-state index in [4.69, 9.17) is 14.2 Å². The van der Waals surface area contributed by atoms with Crippen molar-refractivity contribution in [2.24, 2.45) is 22.7 Å². The van der Waals surface area contributed by atoms with E-state index < -0.39 is 81.4 Å². The molecule has 1 spiro atoms. The molecule has 0 radical (unpaired) electrons. The predicted molar refractivity (Wildman–Crippen MR) is 122 cm³/mol. The van der Waals surface area contributed by atoms with E-state index in [0.717, 1.165) is 0 Å². The summed E-state index contributed by atoms with van der Waals surface area (Å²) in [5.74, 6) is -7.34. The van der Waals surface area contributed by atoms with E-state index in [1.165, 1.54) is 26.1 Å². The van der Waals surface area contributed by atoms with E-state index in [1.54, 1.807) is 26.8 Å². The van der Waals surface area contributed by atoms with Gasteiger partial charge in [0.05, 0.1) is 11.5 Å². The van der Waals surface area contributed by atoms with Gasteiger partial charge in [0.15, 0.2) is 23.2 Å². The summed E-state index contributed by atoms with van der Waals surface area (Å²) < 4.78 is 18.5. The van der Waals surface area contributed by atoms with Crippen LogP contribution in [0.1, 0.15) is 64.4 Å². The number of aliphatic hydroxyl groups is 5. The van der Waals surface area contributed by atoms with Crippen molar-refractivity contribution in [1.29, 1.82) is 0 Å². The third-order valence-corrected chi connectivity index (χ3v) is 11.1. The summed E-state index contributed by atoms with van der Waals surface area (Å²) in [7, 11) is 0. The van der Waals surface area contributed by atoms with Gasteiger partial charge in [-0.25, -0.2) is 4.79 Å². The molecular weight excluding hydrogens is 488 g/mol. The van der Waals surface area contributed by atoms with Gasteiger partial charge in [-0.15, -0.1) is 0 Å². The Hall–Kier alpha value is -1.61. The minimum Gasteiger partial charge on any atom is -0.450 e. The summed E-state index contributed by atoms with van der Waals surface area (Å²) in [6.45, 7) is 7.80. The Bertz CT molecular complexity index is 1160. The van der Waals surface area contributed by atoms with Crippen LogP contribution in [0.2, 0.25) is 0 Å². The lowest BCUT2D eigenvalue weighted by Gasteiger charge is -2.75. The van der Waals surface area contributed by atoms with Gasteiger partial charge in [-0.3, -0.25) is 0 Å². The maximum absolute atomic E-state index is 13.3. The number of esters is 1. The topological polar surface area (TPSA) is 194 Å². The SMILES string of the molecule is CC(C)[C@@]1(O)[C@@H](OC(=O)c2ccc[nH]2)[C@]2(NO)O[C@@]3(O)[C@]45O[C@@](O)(C[C@@]2(C)[C@@]4(O)CC[C@H](C)[C@H]5O)[C@]31C. The molecule has 5 aliphatic rings. The summed E-state index contributed by atoms with van der Waals surface area (Å²) in [6, 6.07) is 3.04. The number of fused-ring (bicyclic) bond motifs is 4. The van der Waals surface area contributed by atoms with E-state index in [0.29, 0.717) is 6.42 Å². The van der Waals surface area contributed by atoms with Crippen molar-refractivity contribution >= 4 is 5.97 Å². The molecule has 0 amide bonds. The highest BCUT2D eigenvalue weighted by Gasteiger charge is 3.04. The van der Waals surface area contributed by atoms with Crippen molar-refractivity contribution in [3.63, 3.8) is 0 Å². The number of hydrogen-bond donors (Lipinski definition) is 8. The summed E-state index contributed by atoms with van der Waals surface area (Å²) in [5.41, 5.74) is -10.9. The van der Waals surface area contributed by atoms with Crippen LogP contribution in [0.25, 0.3) is 0 Å². The molecule has 12 nitrogen and oxygen atoms in total. The van der Waals surface area contributed by atoms with Gasteiger partial charge in [-0.05, 0) is 43.7 Å². The van der Waals surface area contributed by atoms with Gasteiger partial charge in [0.2, 0.25) is 5.79 Å². The van der Waals surface area contributed by atoms with Gasteiger partial charge in [0, 0.05) is 12.6 Å². The minimum absolute atomic E-state index is 0.000385. The average Bonchev–Trinajstić information content (AvgIpc) is 3.40. The van der Waals surface area contributed by atoms with E-state index >= 15 is 0 Å². The molecule has 0 aromatic carbocycles. The summed E-state index contributed by atoms with van der Waals surface area (Å²) in [6.07, 6.45) is -1.89. The molecule has 1 aliphatic carbocycles. The predicted octanol–water partition coefficient (Wildman–Crippen LogP) is -0.269. The number of aromatic nitrogens is 1. The number of carbonyl (C=O) groups is 1. The fourth-order valence-electron chi connectivity index (χ4n) is 9.00. The zero-order valence-electron chi connectivity index (χ0n) is 21.5. The molecular formula is C25H36N2O10. The molecule has 12 heteroatoms. The van der Waals surface area contributed by atoms with Gasteiger partial charge >= 0.3 is 5.97 Å². The number of aliphatic hydroxyl groups excluding tert-OH is 1. The highest BCUT2D eigenvalue weighted by Crippen LogP contribution is 2.84. The Kier molecular flexibility index (Phi) is 4.68. The second-order valence-corrected chi connectivity index (χ2v) is 12.5. The number of ether oxygens (including phenoxy) is 3. The maximum Gasteiger partial charge on any atom is 0.355 e. The zero-order chi connectivity index (χ0) is 27.2. The van der Waals surface area contributed by atoms with E-state index in [-0.39, 0.29) is 12.1 Å². The minimum atomic E-state index is -2.75. The second kappa shape index (κ2) is 6.75. The lowest BCUT2D eigenvalue weighted by molar-refractivity contribution is -0.533. The molecule has 5 heterocycles. The zero-order valence-corrected chi connectivity index (χ0v) is 21.5. The Morgan fingerprint density at radius 3 is 2.46 bits per heavy atom. The first kappa shape index (κ1) is 25.7. The van der Waals surface area contributed by atoms with Crippen LogP contribution in [0, 0.1) is 22.7 Å². The molecule has 5 fully saturated rings. The Morgan fingerprint density at radius 1 is 1.22 bits per heavy atom. The smallest absolute Gasteiger partial charge is 0.355 e. The first-order chi connectivity index (χ1) is 17.0.